The summed E-state index contributed by atoms with van der Waals surface area (Å²) in [4.78, 5) is 4.78. The zero-order valence-corrected chi connectivity index (χ0v) is 13.3. The Hall–Kier alpha value is -1.68. The van der Waals surface area contributed by atoms with Gasteiger partial charge in [-0.2, -0.15) is 0 Å². The van der Waals surface area contributed by atoms with Gasteiger partial charge in [-0.3, -0.25) is 0 Å². The van der Waals surface area contributed by atoms with Crippen LogP contribution in [0.4, 0.5) is 5.69 Å². The molecule has 0 amide bonds. The standard InChI is InChI=1S/C16H19ClN2O2/c1-4-18-11-7-10(9-5-6-9)19-16-13(21-3)8-12(20-2)15(17)14(11)16/h7-9H,4-6H2,1-3H3,(H,18,19). The molecular weight excluding hydrogens is 288 g/mol. The van der Waals surface area contributed by atoms with Gasteiger partial charge in [0.15, 0.2) is 0 Å². The predicted octanol–water partition coefficient (Wildman–Crippen LogP) is 4.21. The first-order valence-corrected chi connectivity index (χ1v) is 7.56. The number of rotatable bonds is 5. The second-order valence-corrected chi connectivity index (χ2v) is 5.60. The number of hydrogen-bond acceptors (Lipinski definition) is 4. The van der Waals surface area contributed by atoms with Crippen LogP contribution in [0.2, 0.25) is 5.02 Å². The van der Waals surface area contributed by atoms with Crippen molar-refractivity contribution in [3.05, 3.63) is 22.8 Å². The number of pyridine rings is 1. The van der Waals surface area contributed by atoms with E-state index in [4.69, 9.17) is 26.1 Å². The van der Waals surface area contributed by atoms with Gasteiger partial charge in [0, 0.05) is 35.3 Å². The number of methoxy groups -OCH3 is 2. The number of nitrogens with one attached hydrogen (secondary N) is 1. The summed E-state index contributed by atoms with van der Waals surface area (Å²) in [5, 5.41) is 4.81. The fraction of sp³-hybridized carbons (Fsp3) is 0.438. The fourth-order valence-corrected chi connectivity index (χ4v) is 2.88. The third kappa shape index (κ3) is 2.48. The Kier molecular flexibility index (Phi) is 3.81. The number of fused-ring (bicyclic) bond motifs is 1. The summed E-state index contributed by atoms with van der Waals surface area (Å²) in [5.74, 6) is 1.85. The van der Waals surface area contributed by atoms with Crippen molar-refractivity contribution in [3.8, 4) is 11.5 Å². The largest absolute Gasteiger partial charge is 0.495 e. The maximum absolute atomic E-state index is 6.50. The highest BCUT2D eigenvalue weighted by Gasteiger charge is 2.27. The highest BCUT2D eigenvalue weighted by Crippen LogP contribution is 2.46. The van der Waals surface area contributed by atoms with Crippen LogP contribution in [0.15, 0.2) is 12.1 Å². The highest BCUT2D eigenvalue weighted by atomic mass is 35.5. The lowest BCUT2D eigenvalue weighted by atomic mass is 10.1. The van der Waals surface area contributed by atoms with Crippen molar-refractivity contribution in [2.75, 3.05) is 26.1 Å². The molecule has 0 bridgehead atoms. The molecule has 1 aliphatic rings. The number of hydrogen-bond donors (Lipinski definition) is 1. The van der Waals surface area contributed by atoms with Gasteiger partial charge in [0.05, 0.1) is 19.2 Å². The van der Waals surface area contributed by atoms with Crippen molar-refractivity contribution in [1.82, 2.24) is 4.98 Å². The van der Waals surface area contributed by atoms with E-state index in [9.17, 15) is 0 Å². The van der Waals surface area contributed by atoms with Gasteiger partial charge in [0.1, 0.15) is 17.0 Å². The first-order valence-electron chi connectivity index (χ1n) is 7.18. The Morgan fingerprint density at radius 3 is 2.52 bits per heavy atom. The van der Waals surface area contributed by atoms with Crippen LogP contribution in [0.3, 0.4) is 0 Å². The lowest BCUT2D eigenvalue weighted by molar-refractivity contribution is 0.397. The van der Waals surface area contributed by atoms with Crippen LogP contribution in [0.1, 0.15) is 31.4 Å². The summed E-state index contributed by atoms with van der Waals surface area (Å²) in [5.41, 5.74) is 2.90. The lowest BCUT2D eigenvalue weighted by Crippen LogP contribution is -2.02. The van der Waals surface area contributed by atoms with Gasteiger partial charge in [-0.25, -0.2) is 4.98 Å². The van der Waals surface area contributed by atoms with Crippen LogP contribution >= 0.6 is 11.6 Å². The van der Waals surface area contributed by atoms with Crippen molar-refractivity contribution in [2.45, 2.75) is 25.7 Å². The summed E-state index contributed by atoms with van der Waals surface area (Å²) in [7, 11) is 3.24. The van der Waals surface area contributed by atoms with Gasteiger partial charge >= 0.3 is 0 Å². The molecule has 1 heterocycles. The van der Waals surface area contributed by atoms with E-state index in [-0.39, 0.29) is 0 Å². The van der Waals surface area contributed by atoms with Gasteiger partial charge < -0.3 is 14.8 Å². The average molecular weight is 307 g/mol. The normalized spacial score (nSPS) is 14.3. The van der Waals surface area contributed by atoms with Crippen LogP contribution < -0.4 is 14.8 Å². The Balaban J connectivity index is 2.33. The van der Waals surface area contributed by atoms with E-state index in [1.807, 2.05) is 0 Å². The van der Waals surface area contributed by atoms with E-state index in [1.54, 1.807) is 20.3 Å². The summed E-state index contributed by atoms with van der Waals surface area (Å²) < 4.78 is 10.8. The minimum atomic E-state index is 0.567. The van der Waals surface area contributed by atoms with E-state index in [0.29, 0.717) is 22.4 Å². The van der Waals surface area contributed by atoms with E-state index in [1.165, 1.54) is 12.8 Å². The zero-order valence-electron chi connectivity index (χ0n) is 12.5. The predicted molar refractivity (Wildman–Crippen MR) is 86.0 cm³/mol. The van der Waals surface area contributed by atoms with Gasteiger partial charge in [-0.1, -0.05) is 11.6 Å². The van der Waals surface area contributed by atoms with Crippen molar-refractivity contribution in [2.24, 2.45) is 0 Å². The molecule has 21 heavy (non-hydrogen) atoms. The van der Waals surface area contributed by atoms with Crippen LogP contribution in [0, 0.1) is 0 Å². The molecule has 4 nitrogen and oxygen atoms in total. The molecule has 1 saturated carbocycles. The summed E-state index contributed by atoms with van der Waals surface area (Å²) in [6.07, 6.45) is 2.41. The summed E-state index contributed by atoms with van der Waals surface area (Å²) in [6.45, 7) is 2.88. The van der Waals surface area contributed by atoms with E-state index in [2.05, 4.69) is 18.3 Å². The molecule has 5 heteroatoms. The van der Waals surface area contributed by atoms with Crippen LogP contribution in [0.25, 0.3) is 10.9 Å². The third-order valence-electron chi connectivity index (χ3n) is 3.77. The molecule has 0 saturated heterocycles. The van der Waals surface area contributed by atoms with E-state index in [0.717, 1.165) is 28.8 Å². The quantitative estimate of drug-likeness (QED) is 0.898. The van der Waals surface area contributed by atoms with Crippen molar-refractivity contribution >= 4 is 28.2 Å². The van der Waals surface area contributed by atoms with Crippen molar-refractivity contribution in [1.29, 1.82) is 0 Å². The van der Waals surface area contributed by atoms with Gasteiger partial charge in [-0.05, 0) is 25.8 Å². The molecular formula is C16H19ClN2O2. The van der Waals surface area contributed by atoms with Crippen LogP contribution in [-0.2, 0) is 0 Å². The van der Waals surface area contributed by atoms with Crippen molar-refractivity contribution < 1.29 is 9.47 Å². The van der Waals surface area contributed by atoms with Gasteiger partial charge in [0.25, 0.3) is 0 Å². The SMILES string of the molecule is CCNc1cc(C2CC2)nc2c(OC)cc(OC)c(Cl)c12. The van der Waals surface area contributed by atoms with Crippen LogP contribution in [0.5, 0.6) is 11.5 Å². The molecule has 1 aromatic heterocycles. The maximum Gasteiger partial charge on any atom is 0.148 e. The number of anilines is 1. The number of ether oxygens (including phenoxy) is 2. The average Bonchev–Trinajstić information content (AvgIpc) is 3.32. The lowest BCUT2D eigenvalue weighted by Gasteiger charge is -2.16. The smallest absolute Gasteiger partial charge is 0.148 e. The summed E-state index contributed by atoms with van der Waals surface area (Å²) in [6, 6.07) is 3.90. The first kappa shape index (κ1) is 14.3. The second kappa shape index (κ2) is 5.60. The number of benzene rings is 1. The molecule has 1 fully saturated rings. The number of halogens is 1. The molecule has 2 aromatic rings. The Morgan fingerprint density at radius 2 is 1.95 bits per heavy atom. The molecule has 112 valence electrons. The third-order valence-corrected chi connectivity index (χ3v) is 4.15. The van der Waals surface area contributed by atoms with Gasteiger partial charge in [0.2, 0.25) is 0 Å². The van der Waals surface area contributed by atoms with E-state index < -0.39 is 0 Å². The molecule has 1 aromatic carbocycles. The highest BCUT2D eigenvalue weighted by molar-refractivity contribution is 6.38. The molecule has 1 N–H and O–H groups in total. The Bertz CT molecular complexity index is 684. The monoisotopic (exact) mass is 306 g/mol. The first-order chi connectivity index (χ1) is 10.2. The van der Waals surface area contributed by atoms with E-state index >= 15 is 0 Å². The van der Waals surface area contributed by atoms with Crippen molar-refractivity contribution in [3.63, 3.8) is 0 Å². The Morgan fingerprint density at radius 1 is 1.24 bits per heavy atom. The van der Waals surface area contributed by atoms with Crippen LogP contribution in [-0.4, -0.2) is 25.7 Å². The Labute approximate surface area is 129 Å². The minimum Gasteiger partial charge on any atom is -0.495 e. The molecule has 1 aliphatic carbocycles. The molecule has 0 spiro atoms. The second-order valence-electron chi connectivity index (χ2n) is 5.22. The minimum absolute atomic E-state index is 0.567. The molecule has 3 rings (SSSR count). The zero-order chi connectivity index (χ0) is 15.0. The molecule has 0 aliphatic heterocycles. The topological polar surface area (TPSA) is 43.4 Å². The fourth-order valence-electron chi connectivity index (χ4n) is 2.56. The number of aromatic nitrogens is 1. The molecule has 0 radical (unpaired) electrons. The molecule has 0 atom stereocenters. The van der Waals surface area contributed by atoms with Gasteiger partial charge in [-0.15, -0.1) is 0 Å². The summed E-state index contributed by atoms with van der Waals surface area (Å²) >= 11 is 6.50. The number of nitrogens with zero attached hydrogens (tertiary/aromatic N) is 1. The maximum atomic E-state index is 6.50. The molecule has 0 unspecified atom stereocenters.